The van der Waals surface area contributed by atoms with Crippen molar-refractivity contribution in [3.63, 3.8) is 0 Å². The van der Waals surface area contributed by atoms with E-state index < -0.39 is 12.3 Å². The number of nitrogens with zero attached hydrogens (tertiary/aromatic N) is 1. The first-order chi connectivity index (χ1) is 5.59. The lowest BCUT2D eigenvalue weighted by Crippen LogP contribution is -2.17. The molecule has 0 fully saturated rings. The number of ether oxygens (including phenoxy) is 1. The molecule has 0 spiro atoms. The second kappa shape index (κ2) is 3.34. The predicted molar refractivity (Wildman–Crippen MR) is 39.4 cm³/mol. The van der Waals surface area contributed by atoms with Crippen LogP contribution in [0.3, 0.4) is 0 Å². The second-order valence-electron chi connectivity index (χ2n) is 2.44. The van der Waals surface area contributed by atoms with Crippen molar-refractivity contribution in [3.05, 3.63) is 0 Å². The molecule has 0 amide bonds. The molecular weight excluding hydrogens is 162 g/mol. The molecule has 5 nitrogen and oxygen atoms in total. The van der Waals surface area contributed by atoms with E-state index in [1.54, 1.807) is 0 Å². The minimum atomic E-state index is -0.721. The van der Waals surface area contributed by atoms with Gasteiger partial charge in [-0.2, -0.15) is 0 Å². The largest absolute Gasteiger partial charge is 0.423 e. The zero-order valence-corrected chi connectivity index (χ0v) is 6.86. The molecule has 1 heterocycles. The Labute approximate surface area is 69.3 Å². The second-order valence-corrected chi connectivity index (χ2v) is 2.44. The number of Topliss-reactive ketones (excluding diaryl/α,β-unsaturated/α-hetero) is 1. The monoisotopic (exact) mass is 171 g/mol. The van der Waals surface area contributed by atoms with E-state index >= 15 is 0 Å². The number of carbonyl (C=O) groups excluding carboxylic acids is 2. The quantitative estimate of drug-likeness (QED) is 0.558. The maximum absolute atomic E-state index is 10.7. The first kappa shape index (κ1) is 8.70. The summed E-state index contributed by atoms with van der Waals surface area (Å²) in [6.07, 6.45) is -0.476. The van der Waals surface area contributed by atoms with E-state index in [0.29, 0.717) is 5.71 Å². The molecule has 0 aromatic carbocycles. The molecule has 1 atom stereocenters. The van der Waals surface area contributed by atoms with E-state index in [0.717, 1.165) is 0 Å². The van der Waals surface area contributed by atoms with Crippen LogP contribution in [0, 0.1) is 0 Å². The molecular formula is C7H9NO4. The Morgan fingerprint density at radius 3 is 2.67 bits per heavy atom. The highest BCUT2D eigenvalue weighted by atomic mass is 16.8. The fourth-order valence-corrected chi connectivity index (χ4v) is 0.811. The van der Waals surface area contributed by atoms with Gasteiger partial charge in [0.25, 0.3) is 6.29 Å². The van der Waals surface area contributed by atoms with Gasteiger partial charge in [0.15, 0.2) is 5.78 Å². The molecule has 12 heavy (non-hydrogen) atoms. The van der Waals surface area contributed by atoms with E-state index in [9.17, 15) is 9.59 Å². The summed E-state index contributed by atoms with van der Waals surface area (Å²) in [4.78, 5) is 25.8. The minimum Gasteiger partial charge on any atom is -0.423 e. The van der Waals surface area contributed by atoms with Gasteiger partial charge in [0.1, 0.15) is 5.71 Å². The van der Waals surface area contributed by atoms with Gasteiger partial charge in [-0.1, -0.05) is 5.16 Å². The van der Waals surface area contributed by atoms with Crippen molar-refractivity contribution >= 4 is 17.5 Å². The molecule has 0 saturated heterocycles. The van der Waals surface area contributed by atoms with Crippen LogP contribution in [0.5, 0.6) is 0 Å². The van der Waals surface area contributed by atoms with Crippen molar-refractivity contribution in [1.29, 1.82) is 0 Å². The van der Waals surface area contributed by atoms with E-state index in [1.165, 1.54) is 13.8 Å². The van der Waals surface area contributed by atoms with Crippen LogP contribution in [0.2, 0.25) is 0 Å². The Bertz CT molecular complexity index is 246. The summed E-state index contributed by atoms with van der Waals surface area (Å²) >= 11 is 0. The number of hydrogen-bond donors (Lipinski definition) is 0. The van der Waals surface area contributed by atoms with Crippen molar-refractivity contribution in [2.75, 3.05) is 0 Å². The number of oxime groups is 1. The van der Waals surface area contributed by atoms with Crippen molar-refractivity contribution < 1.29 is 19.2 Å². The molecule has 5 heteroatoms. The van der Waals surface area contributed by atoms with Crippen LogP contribution in [0.15, 0.2) is 5.16 Å². The molecule has 0 saturated carbocycles. The summed E-state index contributed by atoms with van der Waals surface area (Å²) in [7, 11) is 0. The first-order valence-electron chi connectivity index (χ1n) is 3.50. The molecule has 1 unspecified atom stereocenters. The van der Waals surface area contributed by atoms with Crippen LogP contribution in [0.4, 0.5) is 0 Å². The van der Waals surface area contributed by atoms with Gasteiger partial charge in [-0.3, -0.25) is 9.59 Å². The third-order valence-electron chi connectivity index (χ3n) is 1.34. The number of hydrogen-bond acceptors (Lipinski definition) is 5. The zero-order chi connectivity index (χ0) is 9.14. The molecule has 0 aromatic rings. The normalized spacial score (nSPS) is 21.2. The molecule has 66 valence electrons. The van der Waals surface area contributed by atoms with Gasteiger partial charge in [0.2, 0.25) is 0 Å². The first-order valence-corrected chi connectivity index (χ1v) is 3.50. The highest BCUT2D eigenvalue weighted by Crippen LogP contribution is 2.12. The highest BCUT2D eigenvalue weighted by Gasteiger charge is 2.25. The average molecular weight is 171 g/mol. The summed E-state index contributed by atoms with van der Waals surface area (Å²) in [5.41, 5.74) is 0.307. The minimum absolute atomic E-state index is 0.162. The van der Waals surface area contributed by atoms with Gasteiger partial charge >= 0.3 is 5.97 Å². The van der Waals surface area contributed by atoms with Gasteiger partial charge in [-0.25, -0.2) is 0 Å². The molecule has 0 aromatic heterocycles. The van der Waals surface area contributed by atoms with E-state index in [-0.39, 0.29) is 12.2 Å². The Hall–Kier alpha value is -1.39. The number of esters is 1. The molecule has 0 radical (unpaired) electrons. The van der Waals surface area contributed by atoms with Crippen LogP contribution >= 0.6 is 0 Å². The van der Waals surface area contributed by atoms with Crippen molar-refractivity contribution in [3.8, 4) is 0 Å². The smallest absolute Gasteiger partial charge is 0.305 e. The highest BCUT2D eigenvalue weighted by molar-refractivity contribution is 6.39. The average Bonchev–Trinajstić information content (AvgIpc) is 2.34. The third kappa shape index (κ3) is 2.05. The standard InChI is InChI=1S/C7H9NO4/c1-4(9)6-3-7(12-8-6)11-5(2)10/h7H,3H2,1-2H3. The Kier molecular flexibility index (Phi) is 2.42. The van der Waals surface area contributed by atoms with Gasteiger partial charge in [0.05, 0.1) is 6.42 Å². The summed E-state index contributed by atoms with van der Waals surface area (Å²) in [6.45, 7) is 2.66. The van der Waals surface area contributed by atoms with Crippen LogP contribution in [0.1, 0.15) is 20.3 Å². The Morgan fingerprint density at radius 2 is 2.25 bits per heavy atom. The van der Waals surface area contributed by atoms with Gasteiger partial charge < -0.3 is 9.57 Å². The van der Waals surface area contributed by atoms with Crippen molar-refractivity contribution in [2.45, 2.75) is 26.6 Å². The summed E-state index contributed by atoms with van der Waals surface area (Å²) in [6, 6.07) is 0. The molecule has 0 N–H and O–H groups in total. The summed E-state index contributed by atoms with van der Waals surface area (Å²) in [5.74, 6) is -0.607. The maximum atomic E-state index is 10.7. The van der Waals surface area contributed by atoms with Gasteiger partial charge in [0, 0.05) is 13.8 Å². The lowest BCUT2D eigenvalue weighted by molar-refractivity contribution is -0.170. The van der Waals surface area contributed by atoms with Crippen LogP contribution in [-0.4, -0.2) is 23.8 Å². The Balaban J connectivity index is 2.41. The third-order valence-corrected chi connectivity index (χ3v) is 1.34. The summed E-state index contributed by atoms with van der Waals surface area (Å²) < 4.78 is 4.66. The van der Waals surface area contributed by atoms with E-state index in [1.807, 2.05) is 0 Å². The lowest BCUT2D eigenvalue weighted by Gasteiger charge is -2.06. The van der Waals surface area contributed by atoms with E-state index in [4.69, 9.17) is 0 Å². The summed E-state index contributed by atoms with van der Waals surface area (Å²) in [5, 5.41) is 3.46. The van der Waals surface area contributed by atoms with Crippen molar-refractivity contribution in [2.24, 2.45) is 5.16 Å². The fraction of sp³-hybridized carbons (Fsp3) is 0.571. The molecule has 1 aliphatic rings. The molecule has 1 rings (SSSR count). The van der Waals surface area contributed by atoms with Crippen LogP contribution < -0.4 is 0 Å². The predicted octanol–water partition coefficient (Wildman–Crippen LogP) is 0.241. The SMILES string of the molecule is CC(=O)OC1CC(C(C)=O)=NO1. The number of ketones is 1. The Morgan fingerprint density at radius 1 is 1.58 bits per heavy atom. The van der Waals surface area contributed by atoms with Crippen molar-refractivity contribution in [1.82, 2.24) is 0 Å². The van der Waals surface area contributed by atoms with Crippen LogP contribution in [-0.2, 0) is 19.2 Å². The van der Waals surface area contributed by atoms with Gasteiger partial charge in [-0.15, -0.1) is 0 Å². The number of carbonyl (C=O) groups is 2. The molecule has 0 bridgehead atoms. The zero-order valence-electron chi connectivity index (χ0n) is 6.86. The lowest BCUT2D eigenvalue weighted by atomic mass is 10.2. The number of rotatable bonds is 2. The van der Waals surface area contributed by atoms with E-state index in [2.05, 4.69) is 14.7 Å². The fourth-order valence-electron chi connectivity index (χ4n) is 0.811. The van der Waals surface area contributed by atoms with Crippen LogP contribution in [0.25, 0.3) is 0 Å². The molecule has 0 aliphatic carbocycles. The topological polar surface area (TPSA) is 65.0 Å². The maximum Gasteiger partial charge on any atom is 0.305 e. The molecule has 1 aliphatic heterocycles. The van der Waals surface area contributed by atoms with Gasteiger partial charge in [-0.05, 0) is 0 Å².